The van der Waals surface area contributed by atoms with E-state index in [2.05, 4.69) is 50.1 Å². The van der Waals surface area contributed by atoms with E-state index in [9.17, 15) is 0 Å². The molecule has 1 aliphatic rings. The van der Waals surface area contributed by atoms with Gasteiger partial charge >= 0.3 is 0 Å². The van der Waals surface area contributed by atoms with E-state index in [-0.39, 0.29) is 5.54 Å². The molecule has 106 valence electrons. The summed E-state index contributed by atoms with van der Waals surface area (Å²) in [6, 6.07) is 9.14. The van der Waals surface area contributed by atoms with Crippen molar-refractivity contribution in [1.82, 2.24) is 4.90 Å². The summed E-state index contributed by atoms with van der Waals surface area (Å²) in [6.07, 6.45) is 4.72. The number of nitrogens with zero attached hydrogens (tertiary/aromatic N) is 1. The van der Waals surface area contributed by atoms with Crippen LogP contribution in [0.25, 0.3) is 0 Å². The van der Waals surface area contributed by atoms with Crippen LogP contribution in [0.15, 0.2) is 24.3 Å². The van der Waals surface area contributed by atoms with Gasteiger partial charge in [0.25, 0.3) is 0 Å². The first kappa shape index (κ1) is 14.5. The van der Waals surface area contributed by atoms with E-state index in [0.29, 0.717) is 5.92 Å². The zero-order valence-electron chi connectivity index (χ0n) is 12.7. The highest BCUT2D eigenvalue weighted by atomic mass is 15.1. The average molecular weight is 260 g/mol. The zero-order valence-corrected chi connectivity index (χ0v) is 12.7. The molecule has 0 saturated heterocycles. The monoisotopic (exact) mass is 260 g/mol. The maximum absolute atomic E-state index is 6.14. The van der Waals surface area contributed by atoms with Gasteiger partial charge in [0.2, 0.25) is 0 Å². The maximum atomic E-state index is 6.14. The molecule has 2 nitrogen and oxygen atoms in total. The lowest BCUT2D eigenvalue weighted by Gasteiger charge is -2.20. The number of likely N-dealkylation sites (N-methyl/N-ethyl adjacent to an activating group) is 1. The van der Waals surface area contributed by atoms with E-state index in [4.69, 9.17) is 5.73 Å². The maximum Gasteiger partial charge on any atom is 0.0284 e. The number of hydrogen-bond donors (Lipinski definition) is 1. The SMILES string of the molecule is CCC(C)c1ccc(CCN(C)CC2(N)CC2)cc1. The van der Waals surface area contributed by atoms with Crippen LogP contribution in [0, 0.1) is 0 Å². The van der Waals surface area contributed by atoms with Gasteiger partial charge in [-0.25, -0.2) is 0 Å². The van der Waals surface area contributed by atoms with E-state index in [1.165, 1.54) is 30.4 Å². The smallest absolute Gasteiger partial charge is 0.0284 e. The van der Waals surface area contributed by atoms with E-state index in [1.54, 1.807) is 0 Å². The summed E-state index contributed by atoms with van der Waals surface area (Å²) in [5.41, 5.74) is 9.17. The number of nitrogens with two attached hydrogens (primary N) is 1. The van der Waals surface area contributed by atoms with Crippen LogP contribution in [-0.2, 0) is 6.42 Å². The largest absolute Gasteiger partial charge is 0.324 e. The molecule has 1 unspecified atom stereocenters. The van der Waals surface area contributed by atoms with Gasteiger partial charge in [-0.2, -0.15) is 0 Å². The van der Waals surface area contributed by atoms with Gasteiger partial charge in [0, 0.05) is 18.6 Å². The summed E-state index contributed by atoms with van der Waals surface area (Å²) in [4.78, 5) is 2.37. The topological polar surface area (TPSA) is 29.3 Å². The molecule has 1 atom stereocenters. The minimum absolute atomic E-state index is 0.134. The standard InChI is InChI=1S/C17H28N2/c1-4-14(2)16-7-5-15(6-8-16)9-12-19(3)13-17(18)10-11-17/h5-8,14H,4,9-13,18H2,1-3H3. The Balaban J connectivity index is 1.79. The van der Waals surface area contributed by atoms with Crippen LogP contribution in [-0.4, -0.2) is 30.6 Å². The fourth-order valence-corrected chi connectivity index (χ4v) is 2.50. The van der Waals surface area contributed by atoms with Crippen molar-refractivity contribution in [2.45, 2.75) is 51.0 Å². The van der Waals surface area contributed by atoms with Crippen LogP contribution < -0.4 is 5.73 Å². The molecule has 0 aliphatic heterocycles. The molecular weight excluding hydrogens is 232 g/mol. The molecule has 19 heavy (non-hydrogen) atoms. The molecule has 0 spiro atoms. The van der Waals surface area contributed by atoms with Gasteiger partial charge in [-0.1, -0.05) is 38.1 Å². The van der Waals surface area contributed by atoms with Crippen LogP contribution in [0.1, 0.15) is 50.2 Å². The summed E-state index contributed by atoms with van der Waals surface area (Å²) >= 11 is 0. The lowest BCUT2D eigenvalue weighted by Crippen LogP contribution is -2.38. The Bertz CT molecular complexity index is 392. The predicted octanol–water partition coefficient (Wildman–Crippen LogP) is 3.17. The van der Waals surface area contributed by atoms with Crippen molar-refractivity contribution in [3.8, 4) is 0 Å². The summed E-state index contributed by atoms with van der Waals surface area (Å²) < 4.78 is 0. The van der Waals surface area contributed by atoms with Gasteiger partial charge in [0.1, 0.15) is 0 Å². The van der Waals surface area contributed by atoms with Crippen molar-refractivity contribution >= 4 is 0 Å². The van der Waals surface area contributed by atoms with Crippen LogP contribution in [0.5, 0.6) is 0 Å². The lowest BCUT2D eigenvalue weighted by atomic mass is 9.97. The Labute approximate surface area is 118 Å². The van der Waals surface area contributed by atoms with E-state index < -0.39 is 0 Å². The number of benzene rings is 1. The third-order valence-corrected chi connectivity index (χ3v) is 4.42. The first-order chi connectivity index (χ1) is 9.02. The predicted molar refractivity (Wildman–Crippen MR) is 82.5 cm³/mol. The quantitative estimate of drug-likeness (QED) is 0.816. The van der Waals surface area contributed by atoms with Gasteiger partial charge in [0.15, 0.2) is 0 Å². The molecule has 1 aromatic carbocycles. The Morgan fingerprint density at radius 3 is 2.42 bits per heavy atom. The minimum Gasteiger partial charge on any atom is -0.324 e. The third kappa shape index (κ3) is 4.32. The minimum atomic E-state index is 0.134. The van der Waals surface area contributed by atoms with Crippen molar-refractivity contribution in [3.05, 3.63) is 35.4 Å². The van der Waals surface area contributed by atoms with Crippen LogP contribution in [0.4, 0.5) is 0 Å². The van der Waals surface area contributed by atoms with Gasteiger partial charge in [-0.05, 0) is 49.8 Å². The molecule has 2 rings (SSSR count). The highest BCUT2D eigenvalue weighted by Crippen LogP contribution is 2.32. The Morgan fingerprint density at radius 1 is 1.26 bits per heavy atom. The number of rotatable bonds is 7. The molecule has 2 heteroatoms. The molecule has 2 N–H and O–H groups in total. The highest BCUT2D eigenvalue weighted by Gasteiger charge is 2.38. The van der Waals surface area contributed by atoms with E-state index in [1.807, 2.05) is 0 Å². The van der Waals surface area contributed by atoms with E-state index in [0.717, 1.165) is 19.5 Å². The van der Waals surface area contributed by atoms with Crippen LogP contribution in [0.3, 0.4) is 0 Å². The van der Waals surface area contributed by atoms with Crippen molar-refractivity contribution in [2.75, 3.05) is 20.1 Å². The Kier molecular flexibility index (Phi) is 4.64. The zero-order chi connectivity index (χ0) is 13.9. The molecule has 1 fully saturated rings. The highest BCUT2D eigenvalue weighted by molar-refractivity contribution is 5.25. The Hall–Kier alpha value is -0.860. The fraction of sp³-hybridized carbons (Fsp3) is 0.647. The van der Waals surface area contributed by atoms with Gasteiger partial charge < -0.3 is 10.6 Å². The number of hydrogen-bond acceptors (Lipinski definition) is 2. The molecule has 0 amide bonds. The third-order valence-electron chi connectivity index (χ3n) is 4.42. The van der Waals surface area contributed by atoms with E-state index >= 15 is 0 Å². The molecule has 1 aromatic rings. The first-order valence-corrected chi connectivity index (χ1v) is 7.59. The van der Waals surface area contributed by atoms with Crippen LogP contribution in [0.2, 0.25) is 0 Å². The van der Waals surface area contributed by atoms with Crippen molar-refractivity contribution in [2.24, 2.45) is 5.73 Å². The first-order valence-electron chi connectivity index (χ1n) is 7.59. The molecular formula is C17H28N2. The van der Waals surface area contributed by atoms with Crippen LogP contribution >= 0.6 is 0 Å². The average Bonchev–Trinajstić information content (AvgIpc) is 3.13. The fourth-order valence-electron chi connectivity index (χ4n) is 2.50. The molecule has 1 aliphatic carbocycles. The lowest BCUT2D eigenvalue weighted by molar-refractivity contribution is 0.306. The van der Waals surface area contributed by atoms with Gasteiger partial charge in [0.05, 0.1) is 0 Å². The van der Waals surface area contributed by atoms with Crippen molar-refractivity contribution in [1.29, 1.82) is 0 Å². The summed E-state index contributed by atoms with van der Waals surface area (Å²) in [7, 11) is 2.18. The van der Waals surface area contributed by atoms with Gasteiger partial charge in [-0.3, -0.25) is 0 Å². The molecule has 0 bridgehead atoms. The molecule has 0 aromatic heterocycles. The summed E-state index contributed by atoms with van der Waals surface area (Å²) in [5.74, 6) is 0.670. The summed E-state index contributed by atoms with van der Waals surface area (Å²) in [6.45, 7) is 6.67. The normalized spacial score (nSPS) is 18.6. The summed E-state index contributed by atoms with van der Waals surface area (Å²) in [5, 5.41) is 0. The Morgan fingerprint density at radius 2 is 1.89 bits per heavy atom. The molecule has 0 radical (unpaired) electrons. The van der Waals surface area contributed by atoms with Crippen molar-refractivity contribution < 1.29 is 0 Å². The molecule has 1 saturated carbocycles. The second-order valence-corrected chi connectivity index (χ2v) is 6.40. The molecule has 0 heterocycles. The second-order valence-electron chi connectivity index (χ2n) is 6.40. The van der Waals surface area contributed by atoms with Gasteiger partial charge in [-0.15, -0.1) is 0 Å². The van der Waals surface area contributed by atoms with Crippen molar-refractivity contribution in [3.63, 3.8) is 0 Å². The second kappa shape index (κ2) is 6.06.